The Morgan fingerprint density at radius 1 is 1.45 bits per heavy atom. The zero-order chi connectivity index (χ0) is 8.27. The number of aryl methyl sites for hydroxylation is 1. The Hall–Kier alpha value is -1.18. The third-order valence-electron chi connectivity index (χ3n) is 1.48. The van der Waals surface area contributed by atoms with Crippen LogP contribution < -0.4 is 4.74 Å². The van der Waals surface area contributed by atoms with Gasteiger partial charge in [-0.05, 0) is 25.5 Å². The lowest BCUT2D eigenvalue weighted by Crippen LogP contribution is -1.93. The summed E-state index contributed by atoms with van der Waals surface area (Å²) in [6, 6.07) is 5.33. The van der Waals surface area contributed by atoms with Gasteiger partial charge in [-0.15, -0.1) is 0 Å². The summed E-state index contributed by atoms with van der Waals surface area (Å²) in [5.74, 6) is 0.807. The molecule has 0 aliphatic heterocycles. The molecule has 0 amide bonds. The third-order valence-corrected chi connectivity index (χ3v) is 1.48. The van der Waals surface area contributed by atoms with Crippen molar-refractivity contribution in [2.75, 3.05) is 6.61 Å². The highest BCUT2D eigenvalue weighted by Gasteiger charge is 2.02. The molecule has 2 nitrogen and oxygen atoms in total. The van der Waals surface area contributed by atoms with Gasteiger partial charge in [0.05, 0.1) is 6.61 Å². The largest absolute Gasteiger partial charge is 0.504 e. The molecule has 0 unspecified atom stereocenters. The van der Waals surface area contributed by atoms with Crippen molar-refractivity contribution in [3.8, 4) is 11.5 Å². The molecular formula is C9H12O2. The average molecular weight is 152 g/mol. The molecule has 11 heavy (non-hydrogen) atoms. The second kappa shape index (κ2) is 3.28. The standard InChI is InChI=1S/C9H12O2/c1-3-11-9-7(2)5-4-6-8(9)10/h4-6,10H,3H2,1-2H3. The monoisotopic (exact) mass is 152 g/mol. The van der Waals surface area contributed by atoms with Crippen LogP contribution >= 0.6 is 0 Å². The SMILES string of the molecule is CCOc1c(C)cccc1O. The van der Waals surface area contributed by atoms with E-state index in [-0.39, 0.29) is 5.75 Å². The summed E-state index contributed by atoms with van der Waals surface area (Å²) in [4.78, 5) is 0. The molecule has 1 aromatic rings. The fourth-order valence-electron chi connectivity index (χ4n) is 0.969. The van der Waals surface area contributed by atoms with Crippen LogP contribution in [0.5, 0.6) is 11.5 Å². The van der Waals surface area contributed by atoms with Crippen molar-refractivity contribution >= 4 is 0 Å². The highest BCUT2D eigenvalue weighted by Crippen LogP contribution is 2.28. The van der Waals surface area contributed by atoms with Crippen LogP contribution in [0, 0.1) is 6.92 Å². The molecule has 0 aliphatic rings. The van der Waals surface area contributed by atoms with Crippen LogP contribution in [0.4, 0.5) is 0 Å². The summed E-state index contributed by atoms with van der Waals surface area (Å²) >= 11 is 0. The summed E-state index contributed by atoms with van der Waals surface area (Å²) in [6.45, 7) is 4.38. The lowest BCUT2D eigenvalue weighted by Gasteiger charge is -2.07. The topological polar surface area (TPSA) is 29.5 Å². The fraction of sp³-hybridized carbons (Fsp3) is 0.333. The maximum absolute atomic E-state index is 9.30. The number of para-hydroxylation sites is 1. The zero-order valence-electron chi connectivity index (χ0n) is 6.79. The first-order chi connectivity index (χ1) is 5.25. The highest BCUT2D eigenvalue weighted by molar-refractivity contribution is 5.44. The summed E-state index contributed by atoms with van der Waals surface area (Å²) in [5, 5.41) is 9.30. The third kappa shape index (κ3) is 1.64. The van der Waals surface area contributed by atoms with E-state index >= 15 is 0 Å². The van der Waals surface area contributed by atoms with Gasteiger partial charge in [-0.25, -0.2) is 0 Å². The van der Waals surface area contributed by atoms with Gasteiger partial charge in [0.2, 0.25) is 0 Å². The second-order valence-corrected chi connectivity index (χ2v) is 2.36. The second-order valence-electron chi connectivity index (χ2n) is 2.36. The Bertz CT molecular complexity index is 223. The molecule has 1 N–H and O–H groups in total. The van der Waals surface area contributed by atoms with Crippen molar-refractivity contribution in [3.05, 3.63) is 23.8 Å². The molecule has 0 aromatic heterocycles. The Kier molecular flexibility index (Phi) is 2.36. The van der Waals surface area contributed by atoms with Crippen molar-refractivity contribution in [2.24, 2.45) is 0 Å². The molecule has 0 bridgehead atoms. The first-order valence-electron chi connectivity index (χ1n) is 3.67. The van der Waals surface area contributed by atoms with Gasteiger partial charge in [-0.1, -0.05) is 12.1 Å². The van der Waals surface area contributed by atoms with Crippen molar-refractivity contribution in [3.63, 3.8) is 0 Å². The van der Waals surface area contributed by atoms with Crippen LogP contribution in [0.25, 0.3) is 0 Å². The van der Waals surface area contributed by atoms with E-state index in [0.717, 1.165) is 5.56 Å². The Labute approximate surface area is 66.4 Å². The normalized spacial score (nSPS) is 9.64. The molecule has 0 spiro atoms. The van der Waals surface area contributed by atoms with Crippen molar-refractivity contribution in [1.29, 1.82) is 0 Å². The van der Waals surface area contributed by atoms with E-state index in [1.165, 1.54) is 0 Å². The molecular weight excluding hydrogens is 140 g/mol. The summed E-state index contributed by atoms with van der Waals surface area (Å²) in [7, 11) is 0. The summed E-state index contributed by atoms with van der Waals surface area (Å²) in [6.07, 6.45) is 0. The number of hydrogen-bond acceptors (Lipinski definition) is 2. The van der Waals surface area contributed by atoms with Gasteiger partial charge in [0.1, 0.15) is 0 Å². The van der Waals surface area contributed by atoms with Crippen LogP contribution in [-0.2, 0) is 0 Å². The Morgan fingerprint density at radius 3 is 2.73 bits per heavy atom. The molecule has 0 aliphatic carbocycles. The molecule has 0 saturated heterocycles. The van der Waals surface area contributed by atoms with E-state index in [0.29, 0.717) is 12.4 Å². The van der Waals surface area contributed by atoms with Crippen molar-refractivity contribution < 1.29 is 9.84 Å². The van der Waals surface area contributed by atoms with Gasteiger partial charge in [0.15, 0.2) is 11.5 Å². The molecule has 1 aromatic carbocycles. The van der Waals surface area contributed by atoms with Crippen molar-refractivity contribution in [1.82, 2.24) is 0 Å². The van der Waals surface area contributed by atoms with E-state index in [1.807, 2.05) is 19.9 Å². The van der Waals surface area contributed by atoms with E-state index in [9.17, 15) is 5.11 Å². The molecule has 0 atom stereocenters. The fourth-order valence-corrected chi connectivity index (χ4v) is 0.969. The quantitative estimate of drug-likeness (QED) is 0.703. The van der Waals surface area contributed by atoms with Crippen LogP contribution in [-0.4, -0.2) is 11.7 Å². The van der Waals surface area contributed by atoms with Gasteiger partial charge in [-0.2, -0.15) is 0 Å². The maximum atomic E-state index is 9.30. The van der Waals surface area contributed by atoms with E-state index in [1.54, 1.807) is 12.1 Å². The van der Waals surface area contributed by atoms with Gasteiger partial charge >= 0.3 is 0 Å². The number of benzene rings is 1. The first-order valence-corrected chi connectivity index (χ1v) is 3.67. The predicted molar refractivity (Wildman–Crippen MR) is 44.0 cm³/mol. The summed E-state index contributed by atoms with van der Waals surface area (Å²) < 4.78 is 5.22. The molecule has 2 heteroatoms. The molecule has 60 valence electrons. The number of aromatic hydroxyl groups is 1. The average Bonchev–Trinajstić information content (AvgIpc) is 1.97. The number of rotatable bonds is 2. The number of ether oxygens (including phenoxy) is 1. The molecule has 0 radical (unpaired) electrons. The van der Waals surface area contributed by atoms with Crippen molar-refractivity contribution in [2.45, 2.75) is 13.8 Å². The maximum Gasteiger partial charge on any atom is 0.163 e. The minimum atomic E-state index is 0.215. The lowest BCUT2D eigenvalue weighted by molar-refractivity contribution is 0.316. The van der Waals surface area contributed by atoms with E-state index in [4.69, 9.17) is 4.74 Å². The van der Waals surface area contributed by atoms with Gasteiger partial charge < -0.3 is 9.84 Å². The smallest absolute Gasteiger partial charge is 0.163 e. The van der Waals surface area contributed by atoms with Gasteiger partial charge in [0.25, 0.3) is 0 Å². The minimum absolute atomic E-state index is 0.215. The number of phenols is 1. The van der Waals surface area contributed by atoms with Crippen LogP contribution in [0.3, 0.4) is 0 Å². The Balaban J connectivity index is 3.00. The minimum Gasteiger partial charge on any atom is -0.504 e. The zero-order valence-corrected chi connectivity index (χ0v) is 6.79. The van der Waals surface area contributed by atoms with Crippen LogP contribution in [0.15, 0.2) is 18.2 Å². The molecule has 0 fully saturated rings. The van der Waals surface area contributed by atoms with Gasteiger partial charge in [-0.3, -0.25) is 0 Å². The molecule has 0 heterocycles. The van der Waals surface area contributed by atoms with E-state index < -0.39 is 0 Å². The van der Waals surface area contributed by atoms with Crippen LogP contribution in [0.1, 0.15) is 12.5 Å². The number of hydrogen-bond donors (Lipinski definition) is 1. The van der Waals surface area contributed by atoms with Crippen LogP contribution in [0.2, 0.25) is 0 Å². The predicted octanol–water partition coefficient (Wildman–Crippen LogP) is 2.10. The molecule has 1 rings (SSSR count). The first kappa shape index (κ1) is 7.92. The lowest BCUT2D eigenvalue weighted by atomic mass is 10.2. The van der Waals surface area contributed by atoms with Gasteiger partial charge in [0, 0.05) is 0 Å². The summed E-state index contributed by atoms with van der Waals surface area (Å²) in [5.41, 5.74) is 0.965. The number of phenolic OH excluding ortho intramolecular Hbond substituents is 1. The Morgan fingerprint density at radius 2 is 2.18 bits per heavy atom. The molecule has 0 saturated carbocycles. The highest BCUT2D eigenvalue weighted by atomic mass is 16.5. The van der Waals surface area contributed by atoms with E-state index in [2.05, 4.69) is 0 Å².